The molecule has 168 valence electrons. The SMILES string of the molecule is CCCCCC1CCC(/C=C/C2CCC(OC(=O)C(C)(C)CN(C)C)CC2)CC1. The highest BCUT2D eigenvalue weighted by atomic mass is 16.5. The molecule has 2 fully saturated rings. The first-order valence-corrected chi connectivity index (χ1v) is 12.3. The highest BCUT2D eigenvalue weighted by Crippen LogP contribution is 2.34. The van der Waals surface area contributed by atoms with Gasteiger partial charge in [0, 0.05) is 6.54 Å². The molecule has 0 aromatic rings. The molecule has 0 amide bonds. The van der Waals surface area contributed by atoms with E-state index in [-0.39, 0.29) is 12.1 Å². The molecular formula is C26H47NO2. The summed E-state index contributed by atoms with van der Waals surface area (Å²) in [6.45, 7) is 7.00. The second kappa shape index (κ2) is 12.1. The molecule has 0 saturated heterocycles. The van der Waals surface area contributed by atoms with Crippen LogP contribution in [0, 0.1) is 23.2 Å². The van der Waals surface area contributed by atoms with Gasteiger partial charge >= 0.3 is 5.97 Å². The van der Waals surface area contributed by atoms with Gasteiger partial charge in [-0.3, -0.25) is 4.79 Å². The third-order valence-corrected chi connectivity index (χ3v) is 7.02. The Kier molecular flexibility index (Phi) is 10.2. The van der Waals surface area contributed by atoms with Crippen LogP contribution in [-0.4, -0.2) is 37.6 Å². The van der Waals surface area contributed by atoms with Crippen molar-refractivity contribution in [2.75, 3.05) is 20.6 Å². The van der Waals surface area contributed by atoms with Gasteiger partial charge in [0.05, 0.1) is 5.41 Å². The van der Waals surface area contributed by atoms with Crippen molar-refractivity contribution in [3.05, 3.63) is 12.2 Å². The van der Waals surface area contributed by atoms with Gasteiger partial charge in [-0.05, 0) is 97.1 Å². The number of nitrogens with zero attached hydrogens (tertiary/aromatic N) is 1. The van der Waals surface area contributed by atoms with E-state index < -0.39 is 5.41 Å². The van der Waals surface area contributed by atoms with Gasteiger partial charge in [-0.1, -0.05) is 44.8 Å². The van der Waals surface area contributed by atoms with Gasteiger partial charge in [-0.2, -0.15) is 0 Å². The first-order chi connectivity index (χ1) is 13.8. The minimum absolute atomic E-state index is 0.0408. The summed E-state index contributed by atoms with van der Waals surface area (Å²) < 4.78 is 5.86. The lowest BCUT2D eigenvalue weighted by Gasteiger charge is -2.32. The molecule has 0 atom stereocenters. The zero-order valence-corrected chi connectivity index (χ0v) is 19.9. The fraction of sp³-hybridized carbons (Fsp3) is 0.885. The van der Waals surface area contributed by atoms with Crippen molar-refractivity contribution in [2.45, 2.75) is 104 Å². The van der Waals surface area contributed by atoms with E-state index in [0.717, 1.165) is 44.1 Å². The smallest absolute Gasteiger partial charge is 0.313 e. The molecule has 0 bridgehead atoms. The minimum atomic E-state index is -0.435. The predicted molar refractivity (Wildman–Crippen MR) is 123 cm³/mol. The van der Waals surface area contributed by atoms with E-state index in [1.807, 2.05) is 27.9 Å². The van der Waals surface area contributed by atoms with Crippen LogP contribution in [0.15, 0.2) is 12.2 Å². The van der Waals surface area contributed by atoms with E-state index in [1.165, 1.54) is 51.4 Å². The van der Waals surface area contributed by atoms with E-state index in [9.17, 15) is 4.79 Å². The fourth-order valence-corrected chi connectivity index (χ4v) is 5.23. The van der Waals surface area contributed by atoms with Crippen LogP contribution in [0.1, 0.15) is 97.8 Å². The number of hydrogen-bond donors (Lipinski definition) is 0. The quantitative estimate of drug-likeness (QED) is 0.232. The highest BCUT2D eigenvalue weighted by molar-refractivity contribution is 5.76. The molecule has 0 aromatic carbocycles. The molecular weight excluding hydrogens is 358 g/mol. The first-order valence-electron chi connectivity index (χ1n) is 12.3. The summed E-state index contributed by atoms with van der Waals surface area (Å²) in [4.78, 5) is 14.6. The van der Waals surface area contributed by atoms with Gasteiger partial charge < -0.3 is 9.64 Å². The van der Waals surface area contributed by atoms with Crippen molar-refractivity contribution in [1.29, 1.82) is 0 Å². The highest BCUT2D eigenvalue weighted by Gasteiger charge is 2.33. The largest absolute Gasteiger partial charge is 0.462 e. The average molecular weight is 406 g/mol. The normalized spacial score (nSPS) is 28.8. The Labute approximate surface area is 180 Å². The van der Waals surface area contributed by atoms with E-state index >= 15 is 0 Å². The van der Waals surface area contributed by atoms with Gasteiger partial charge in [-0.25, -0.2) is 0 Å². The Morgan fingerprint density at radius 1 is 0.931 bits per heavy atom. The zero-order valence-electron chi connectivity index (χ0n) is 19.9. The summed E-state index contributed by atoms with van der Waals surface area (Å²) in [5.74, 6) is 2.44. The molecule has 0 heterocycles. The van der Waals surface area contributed by atoms with E-state index in [2.05, 4.69) is 24.0 Å². The van der Waals surface area contributed by atoms with Crippen molar-refractivity contribution in [2.24, 2.45) is 23.2 Å². The van der Waals surface area contributed by atoms with Crippen LogP contribution in [0.25, 0.3) is 0 Å². The lowest BCUT2D eigenvalue weighted by molar-refractivity contribution is -0.162. The standard InChI is InChI=1S/C26H47NO2/c1-6-7-8-9-21-10-12-22(13-11-21)14-15-23-16-18-24(19-17-23)29-25(28)26(2,3)20-27(4)5/h14-15,21-24H,6-13,16-20H2,1-5H3/b15-14+. The number of carbonyl (C=O) groups is 1. The van der Waals surface area contributed by atoms with Crippen LogP contribution in [0.3, 0.4) is 0 Å². The van der Waals surface area contributed by atoms with Crippen LogP contribution in [0.4, 0.5) is 0 Å². The van der Waals surface area contributed by atoms with Gasteiger partial charge in [0.2, 0.25) is 0 Å². The summed E-state index contributed by atoms with van der Waals surface area (Å²) in [6.07, 6.45) is 20.8. The molecule has 0 N–H and O–H groups in total. The molecule has 0 aromatic heterocycles. The van der Waals surface area contributed by atoms with Crippen LogP contribution in [0.5, 0.6) is 0 Å². The van der Waals surface area contributed by atoms with Crippen molar-refractivity contribution in [3.63, 3.8) is 0 Å². The van der Waals surface area contributed by atoms with Crippen LogP contribution >= 0.6 is 0 Å². The molecule has 0 aliphatic heterocycles. The molecule has 2 aliphatic carbocycles. The van der Waals surface area contributed by atoms with E-state index in [4.69, 9.17) is 4.74 Å². The molecule has 0 radical (unpaired) electrons. The molecule has 2 rings (SSSR count). The summed E-state index contributed by atoms with van der Waals surface area (Å²) in [5.41, 5.74) is -0.435. The third kappa shape index (κ3) is 8.82. The molecule has 3 heteroatoms. The number of carbonyl (C=O) groups excluding carboxylic acids is 1. The van der Waals surface area contributed by atoms with E-state index in [1.54, 1.807) is 0 Å². The van der Waals surface area contributed by atoms with Crippen molar-refractivity contribution < 1.29 is 9.53 Å². The number of rotatable bonds is 10. The molecule has 2 aliphatic rings. The molecule has 2 saturated carbocycles. The number of esters is 1. The van der Waals surface area contributed by atoms with Crippen molar-refractivity contribution in [1.82, 2.24) is 4.90 Å². The summed E-state index contributed by atoms with van der Waals surface area (Å²) >= 11 is 0. The third-order valence-electron chi connectivity index (χ3n) is 7.02. The first kappa shape index (κ1) is 24.4. The lowest BCUT2D eigenvalue weighted by atomic mass is 9.78. The van der Waals surface area contributed by atoms with Crippen LogP contribution in [0.2, 0.25) is 0 Å². The Morgan fingerprint density at radius 2 is 1.48 bits per heavy atom. The van der Waals surface area contributed by atoms with Crippen molar-refractivity contribution >= 4 is 5.97 Å². The van der Waals surface area contributed by atoms with Gasteiger partial charge in [-0.15, -0.1) is 0 Å². The predicted octanol–water partition coefficient (Wildman–Crippen LogP) is 6.62. The Bertz CT molecular complexity index is 495. The summed E-state index contributed by atoms with van der Waals surface area (Å²) in [5, 5.41) is 0. The van der Waals surface area contributed by atoms with Crippen molar-refractivity contribution in [3.8, 4) is 0 Å². The van der Waals surface area contributed by atoms with Gasteiger partial charge in [0.1, 0.15) is 6.10 Å². The molecule has 29 heavy (non-hydrogen) atoms. The van der Waals surface area contributed by atoms with E-state index in [0.29, 0.717) is 5.92 Å². The number of hydrogen-bond acceptors (Lipinski definition) is 3. The Balaban J connectivity index is 1.65. The summed E-state index contributed by atoms with van der Waals surface area (Å²) in [6, 6.07) is 0. The second-order valence-corrected chi connectivity index (χ2v) is 10.7. The maximum absolute atomic E-state index is 12.5. The van der Waals surface area contributed by atoms with Gasteiger partial charge in [0.25, 0.3) is 0 Å². The second-order valence-electron chi connectivity index (χ2n) is 10.7. The molecule has 0 unspecified atom stereocenters. The van der Waals surface area contributed by atoms with Crippen LogP contribution in [-0.2, 0) is 9.53 Å². The number of ether oxygens (including phenoxy) is 1. The number of unbranched alkanes of at least 4 members (excludes halogenated alkanes) is 2. The van der Waals surface area contributed by atoms with Gasteiger partial charge in [0.15, 0.2) is 0 Å². The monoisotopic (exact) mass is 405 g/mol. The maximum Gasteiger partial charge on any atom is 0.313 e. The zero-order chi connectivity index (χ0) is 21.3. The minimum Gasteiger partial charge on any atom is -0.462 e. The van der Waals surface area contributed by atoms with Crippen LogP contribution < -0.4 is 0 Å². The molecule has 0 spiro atoms. The summed E-state index contributed by atoms with van der Waals surface area (Å²) in [7, 11) is 4.01. The maximum atomic E-state index is 12.5. The lowest BCUT2D eigenvalue weighted by Crippen LogP contribution is -2.39. The average Bonchev–Trinajstić information content (AvgIpc) is 2.67. The Hall–Kier alpha value is -0.830. The molecule has 3 nitrogen and oxygen atoms in total. The fourth-order valence-electron chi connectivity index (χ4n) is 5.23. The Morgan fingerprint density at radius 3 is 2.00 bits per heavy atom. The topological polar surface area (TPSA) is 29.5 Å². The number of allylic oxidation sites excluding steroid dienone is 2.